The Bertz CT molecular complexity index is 759. The fourth-order valence-corrected chi connectivity index (χ4v) is 3.24. The quantitative estimate of drug-likeness (QED) is 0.906. The molecule has 0 radical (unpaired) electrons. The summed E-state index contributed by atoms with van der Waals surface area (Å²) in [7, 11) is 0. The Morgan fingerprint density at radius 3 is 2.83 bits per heavy atom. The minimum Gasteiger partial charge on any atom is -0.392 e. The van der Waals surface area contributed by atoms with E-state index in [-0.39, 0.29) is 12.0 Å². The third-order valence-electron chi connectivity index (χ3n) is 4.78. The molecule has 0 bridgehead atoms. The van der Waals surface area contributed by atoms with Gasteiger partial charge in [-0.3, -0.25) is 4.79 Å². The van der Waals surface area contributed by atoms with Crippen molar-refractivity contribution in [2.75, 3.05) is 11.4 Å². The Morgan fingerprint density at radius 1 is 1.29 bits per heavy atom. The molecule has 1 saturated heterocycles. The Labute approximate surface area is 138 Å². The third-order valence-corrected chi connectivity index (χ3v) is 4.78. The second-order valence-corrected chi connectivity index (χ2v) is 6.54. The minimum absolute atomic E-state index is 0.181. The molecule has 2 aliphatic rings. The first-order chi connectivity index (χ1) is 11.6. The molecule has 4 rings (SSSR count). The molecule has 2 aromatic rings. The zero-order valence-electron chi connectivity index (χ0n) is 13.2. The molecule has 0 spiro atoms. The SMILES string of the molecule is O=C1C(n2cc(CC(O)C3CC3)nn2)CCN1c1ccccc1F. The van der Waals surface area contributed by atoms with Crippen molar-refractivity contribution in [3.63, 3.8) is 0 Å². The van der Waals surface area contributed by atoms with E-state index in [0.29, 0.717) is 36.7 Å². The normalized spacial score (nSPS) is 22.2. The second kappa shape index (κ2) is 5.98. The van der Waals surface area contributed by atoms with Crippen molar-refractivity contribution in [3.05, 3.63) is 42.0 Å². The summed E-state index contributed by atoms with van der Waals surface area (Å²) in [6.07, 6.45) is 4.48. The fourth-order valence-electron chi connectivity index (χ4n) is 3.24. The van der Waals surface area contributed by atoms with E-state index < -0.39 is 11.9 Å². The van der Waals surface area contributed by atoms with E-state index in [2.05, 4.69) is 10.3 Å². The van der Waals surface area contributed by atoms with Crippen LogP contribution in [0.1, 0.15) is 31.0 Å². The minimum atomic E-state index is -0.469. The van der Waals surface area contributed by atoms with Gasteiger partial charge in [0.15, 0.2) is 0 Å². The van der Waals surface area contributed by atoms with Crippen molar-refractivity contribution >= 4 is 11.6 Å². The molecule has 1 N–H and O–H groups in total. The molecule has 1 aromatic carbocycles. The summed E-state index contributed by atoms with van der Waals surface area (Å²) in [6.45, 7) is 0.449. The standard InChI is InChI=1S/C17H19FN4O2/c18-13-3-1-2-4-14(13)21-8-7-15(17(21)24)22-10-12(19-20-22)9-16(23)11-5-6-11/h1-4,10-11,15-16,23H,5-9H2. The number of carbonyl (C=O) groups excluding carboxylic acids is 1. The van der Waals surface area contributed by atoms with E-state index in [9.17, 15) is 14.3 Å². The summed E-state index contributed by atoms with van der Waals surface area (Å²) in [5, 5.41) is 18.1. The van der Waals surface area contributed by atoms with Gasteiger partial charge in [-0.25, -0.2) is 9.07 Å². The van der Waals surface area contributed by atoms with Crippen LogP contribution in [0.2, 0.25) is 0 Å². The van der Waals surface area contributed by atoms with Crippen LogP contribution in [0.5, 0.6) is 0 Å². The van der Waals surface area contributed by atoms with Crippen molar-refractivity contribution in [2.45, 2.75) is 37.8 Å². The molecular weight excluding hydrogens is 311 g/mol. The van der Waals surface area contributed by atoms with E-state index in [0.717, 1.165) is 12.8 Å². The van der Waals surface area contributed by atoms with Gasteiger partial charge in [0, 0.05) is 19.2 Å². The van der Waals surface area contributed by atoms with Gasteiger partial charge in [-0.15, -0.1) is 5.10 Å². The van der Waals surface area contributed by atoms with Crippen LogP contribution in [0.4, 0.5) is 10.1 Å². The lowest BCUT2D eigenvalue weighted by atomic mass is 10.1. The number of aliphatic hydroxyl groups excluding tert-OH is 1. The summed E-state index contributed by atoms with van der Waals surface area (Å²) in [5.74, 6) is -0.211. The third kappa shape index (κ3) is 2.80. The highest BCUT2D eigenvalue weighted by Gasteiger charge is 2.36. The Balaban J connectivity index is 1.48. The van der Waals surface area contributed by atoms with Gasteiger partial charge in [-0.05, 0) is 37.3 Å². The number of aromatic nitrogens is 3. The van der Waals surface area contributed by atoms with Crippen LogP contribution in [-0.2, 0) is 11.2 Å². The Hall–Kier alpha value is -2.28. The molecule has 1 amide bonds. The predicted molar refractivity (Wildman–Crippen MR) is 84.9 cm³/mol. The molecule has 7 heteroatoms. The maximum absolute atomic E-state index is 13.9. The van der Waals surface area contributed by atoms with Crippen LogP contribution in [0.15, 0.2) is 30.5 Å². The predicted octanol–water partition coefficient (Wildman–Crippen LogP) is 1.71. The van der Waals surface area contributed by atoms with E-state index in [1.54, 1.807) is 24.4 Å². The molecule has 24 heavy (non-hydrogen) atoms. The second-order valence-electron chi connectivity index (χ2n) is 6.54. The van der Waals surface area contributed by atoms with E-state index in [4.69, 9.17) is 0 Å². The van der Waals surface area contributed by atoms with Crippen molar-refractivity contribution in [3.8, 4) is 0 Å². The lowest BCUT2D eigenvalue weighted by Gasteiger charge is -2.17. The summed E-state index contributed by atoms with van der Waals surface area (Å²) in [4.78, 5) is 14.1. The van der Waals surface area contributed by atoms with Crippen molar-refractivity contribution in [1.82, 2.24) is 15.0 Å². The molecule has 6 nitrogen and oxygen atoms in total. The Kier molecular flexibility index (Phi) is 3.80. The highest BCUT2D eigenvalue weighted by molar-refractivity contribution is 5.98. The van der Waals surface area contributed by atoms with Gasteiger partial charge in [0.1, 0.15) is 11.9 Å². The van der Waals surface area contributed by atoms with Gasteiger partial charge in [-0.1, -0.05) is 17.3 Å². The molecule has 2 heterocycles. The maximum atomic E-state index is 13.9. The first-order valence-electron chi connectivity index (χ1n) is 8.28. The first-order valence-corrected chi connectivity index (χ1v) is 8.28. The number of anilines is 1. The fraction of sp³-hybridized carbons (Fsp3) is 0.471. The molecule has 2 unspecified atom stereocenters. The van der Waals surface area contributed by atoms with Crippen LogP contribution in [-0.4, -0.2) is 38.7 Å². The molecule has 1 aliphatic carbocycles. The number of aliphatic hydroxyl groups is 1. The number of nitrogens with zero attached hydrogens (tertiary/aromatic N) is 4. The molecule has 2 atom stereocenters. The number of amides is 1. The Morgan fingerprint density at radius 2 is 2.08 bits per heavy atom. The van der Waals surface area contributed by atoms with Gasteiger partial charge in [0.2, 0.25) is 0 Å². The highest BCUT2D eigenvalue weighted by atomic mass is 19.1. The number of halogens is 1. The van der Waals surface area contributed by atoms with E-state index in [1.165, 1.54) is 15.6 Å². The summed E-state index contributed by atoms with van der Waals surface area (Å²) in [5.41, 5.74) is 0.987. The largest absolute Gasteiger partial charge is 0.392 e. The van der Waals surface area contributed by atoms with Gasteiger partial charge in [0.05, 0.1) is 17.5 Å². The van der Waals surface area contributed by atoms with E-state index in [1.807, 2.05) is 0 Å². The van der Waals surface area contributed by atoms with Crippen molar-refractivity contribution < 1.29 is 14.3 Å². The number of carbonyl (C=O) groups is 1. The number of rotatable bonds is 5. The maximum Gasteiger partial charge on any atom is 0.252 e. The topological polar surface area (TPSA) is 71.2 Å². The average Bonchev–Trinajstić information content (AvgIpc) is 3.23. The highest BCUT2D eigenvalue weighted by Crippen LogP contribution is 2.34. The molecule has 1 saturated carbocycles. The zero-order chi connectivity index (χ0) is 16.7. The van der Waals surface area contributed by atoms with Crippen LogP contribution in [0.3, 0.4) is 0 Å². The summed E-state index contributed by atoms with van der Waals surface area (Å²) < 4.78 is 15.5. The van der Waals surface area contributed by atoms with Crippen molar-refractivity contribution in [2.24, 2.45) is 5.92 Å². The first kappa shape index (κ1) is 15.3. The van der Waals surface area contributed by atoms with Gasteiger partial charge < -0.3 is 10.0 Å². The lowest BCUT2D eigenvalue weighted by molar-refractivity contribution is -0.120. The monoisotopic (exact) mass is 330 g/mol. The number of hydrogen-bond donors (Lipinski definition) is 1. The van der Waals surface area contributed by atoms with Gasteiger partial charge in [0.25, 0.3) is 5.91 Å². The van der Waals surface area contributed by atoms with Crippen LogP contribution >= 0.6 is 0 Å². The molecule has 2 fully saturated rings. The molecule has 1 aliphatic heterocycles. The number of hydrogen-bond acceptors (Lipinski definition) is 4. The van der Waals surface area contributed by atoms with Gasteiger partial charge >= 0.3 is 0 Å². The number of benzene rings is 1. The van der Waals surface area contributed by atoms with Crippen molar-refractivity contribution in [1.29, 1.82) is 0 Å². The van der Waals surface area contributed by atoms with E-state index >= 15 is 0 Å². The lowest BCUT2D eigenvalue weighted by Crippen LogP contribution is -2.29. The van der Waals surface area contributed by atoms with Gasteiger partial charge in [-0.2, -0.15) is 0 Å². The average molecular weight is 330 g/mol. The van der Waals surface area contributed by atoms with Crippen LogP contribution in [0, 0.1) is 11.7 Å². The molecular formula is C17H19FN4O2. The number of para-hydroxylation sites is 1. The zero-order valence-corrected chi connectivity index (χ0v) is 13.2. The smallest absolute Gasteiger partial charge is 0.252 e. The van der Waals surface area contributed by atoms with Crippen LogP contribution < -0.4 is 4.90 Å². The summed E-state index contributed by atoms with van der Waals surface area (Å²) >= 11 is 0. The molecule has 126 valence electrons. The molecule has 1 aromatic heterocycles. The summed E-state index contributed by atoms with van der Waals surface area (Å²) in [6, 6.07) is 5.80. The van der Waals surface area contributed by atoms with Crippen LogP contribution in [0.25, 0.3) is 0 Å².